The Hall–Kier alpha value is -2.03. The van der Waals surface area contributed by atoms with Crippen LogP contribution >= 0.6 is 22.9 Å². The maximum absolute atomic E-state index is 6.32. The normalized spacial score (nSPS) is 14.7. The predicted molar refractivity (Wildman–Crippen MR) is 112 cm³/mol. The van der Waals surface area contributed by atoms with Crippen LogP contribution in [0, 0.1) is 0 Å². The van der Waals surface area contributed by atoms with Crippen LogP contribution in [0.3, 0.4) is 0 Å². The predicted octanol–water partition coefficient (Wildman–Crippen LogP) is 3.48. The lowest BCUT2D eigenvalue weighted by Gasteiger charge is -2.23. The van der Waals surface area contributed by atoms with E-state index in [0.717, 1.165) is 22.2 Å². The minimum atomic E-state index is 0.00134. The number of hydrogen-bond donors (Lipinski definition) is 1. The second kappa shape index (κ2) is 9.45. The maximum atomic E-state index is 6.32. The van der Waals surface area contributed by atoms with Crippen molar-refractivity contribution in [1.29, 1.82) is 0 Å². The molecule has 0 spiro atoms. The van der Waals surface area contributed by atoms with Crippen molar-refractivity contribution < 1.29 is 14.2 Å². The number of methoxy groups -OCH3 is 1. The quantitative estimate of drug-likeness (QED) is 0.565. The van der Waals surface area contributed by atoms with E-state index in [1.54, 1.807) is 25.5 Å². The van der Waals surface area contributed by atoms with Gasteiger partial charge in [0.2, 0.25) is 0 Å². The third-order valence-electron chi connectivity index (χ3n) is 4.35. The highest BCUT2D eigenvalue weighted by Crippen LogP contribution is 2.38. The Labute approximate surface area is 174 Å². The van der Waals surface area contributed by atoms with Crippen molar-refractivity contribution in [3.05, 3.63) is 38.8 Å². The molecule has 1 aliphatic rings. The van der Waals surface area contributed by atoms with Crippen molar-refractivity contribution in [1.82, 2.24) is 15.2 Å². The summed E-state index contributed by atoms with van der Waals surface area (Å²) in [6.07, 6.45) is 0.00134. The average Bonchev–Trinajstić information content (AvgIpc) is 3.16. The summed E-state index contributed by atoms with van der Waals surface area (Å²) >= 11 is 7.92. The van der Waals surface area contributed by atoms with Crippen molar-refractivity contribution >= 4 is 28.9 Å². The molecule has 0 saturated carbocycles. The van der Waals surface area contributed by atoms with E-state index in [1.807, 2.05) is 31.0 Å². The van der Waals surface area contributed by atoms with Gasteiger partial charge in [0.25, 0.3) is 0 Å². The smallest absolute Gasteiger partial charge is 0.194 e. The number of ether oxygens (including phenoxy) is 3. The van der Waals surface area contributed by atoms with Gasteiger partial charge in [-0.1, -0.05) is 11.6 Å². The average molecular weight is 425 g/mol. The van der Waals surface area contributed by atoms with Crippen molar-refractivity contribution in [3.8, 4) is 11.5 Å². The fraction of sp³-hybridized carbons (Fsp3) is 0.474. The molecule has 2 heterocycles. The van der Waals surface area contributed by atoms with Crippen LogP contribution in [-0.2, 0) is 17.8 Å². The van der Waals surface area contributed by atoms with Gasteiger partial charge in [0.05, 0.1) is 17.3 Å². The van der Waals surface area contributed by atoms with E-state index in [4.69, 9.17) is 25.8 Å². The Morgan fingerprint density at radius 2 is 2.21 bits per heavy atom. The highest BCUT2D eigenvalue weighted by Gasteiger charge is 2.17. The molecule has 7 nitrogen and oxygen atoms in total. The largest absolute Gasteiger partial charge is 0.486 e. The van der Waals surface area contributed by atoms with Crippen LogP contribution in [-0.4, -0.2) is 50.3 Å². The van der Waals surface area contributed by atoms with Crippen LogP contribution in [0.5, 0.6) is 11.5 Å². The zero-order chi connectivity index (χ0) is 20.1. The molecule has 9 heteroatoms. The Morgan fingerprint density at radius 1 is 1.43 bits per heavy atom. The van der Waals surface area contributed by atoms with Crippen LogP contribution in [0.1, 0.15) is 29.3 Å². The number of halogens is 1. The van der Waals surface area contributed by atoms with Gasteiger partial charge in [-0.25, -0.2) is 4.98 Å². The summed E-state index contributed by atoms with van der Waals surface area (Å²) in [5.41, 5.74) is 1.98. The van der Waals surface area contributed by atoms with Gasteiger partial charge in [0.15, 0.2) is 17.5 Å². The minimum absolute atomic E-state index is 0.00134. The van der Waals surface area contributed by atoms with Gasteiger partial charge >= 0.3 is 0 Å². The van der Waals surface area contributed by atoms with Crippen molar-refractivity contribution in [2.24, 2.45) is 4.99 Å². The summed E-state index contributed by atoms with van der Waals surface area (Å²) in [7, 11) is 5.42. The first-order chi connectivity index (χ1) is 13.5. The zero-order valence-corrected chi connectivity index (χ0v) is 18.1. The zero-order valence-electron chi connectivity index (χ0n) is 16.5. The Bertz CT molecular complexity index is 843. The lowest BCUT2D eigenvalue weighted by atomic mass is 10.2. The SMILES string of the molecule is CN=C(NCc1cc(Cl)c2c(c1)OCCO2)N(C)Cc1csc(C(C)OC)n1. The van der Waals surface area contributed by atoms with Gasteiger partial charge in [-0.15, -0.1) is 11.3 Å². The lowest BCUT2D eigenvalue weighted by Crippen LogP contribution is -2.38. The van der Waals surface area contributed by atoms with E-state index in [2.05, 4.69) is 20.7 Å². The third kappa shape index (κ3) is 4.87. The maximum Gasteiger partial charge on any atom is 0.194 e. The monoisotopic (exact) mass is 424 g/mol. The molecule has 0 saturated heterocycles. The summed E-state index contributed by atoms with van der Waals surface area (Å²) in [4.78, 5) is 11.0. The van der Waals surface area contributed by atoms with E-state index in [9.17, 15) is 0 Å². The van der Waals surface area contributed by atoms with Crippen LogP contribution in [0.2, 0.25) is 5.02 Å². The van der Waals surface area contributed by atoms with E-state index in [-0.39, 0.29) is 6.10 Å². The molecule has 0 amide bonds. The summed E-state index contributed by atoms with van der Waals surface area (Å²) in [6.45, 7) is 4.25. The first kappa shape index (κ1) is 20.7. The number of nitrogens with zero attached hydrogens (tertiary/aromatic N) is 3. The molecule has 1 aliphatic heterocycles. The standard InChI is InChI=1S/C19H25ClN4O3S/c1-12(25-4)18-23-14(11-28-18)10-24(3)19(21-2)22-9-13-7-15(20)17-16(8-13)26-5-6-27-17/h7-8,11-12H,5-6,9-10H2,1-4H3,(H,21,22). The molecule has 28 heavy (non-hydrogen) atoms. The molecule has 1 unspecified atom stereocenters. The second-order valence-electron chi connectivity index (χ2n) is 6.41. The van der Waals surface area contributed by atoms with E-state index < -0.39 is 0 Å². The third-order valence-corrected chi connectivity index (χ3v) is 5.69. The molecular weight excluding hydrogens is 400 g/mol. The second-order valence-corrected chi connectivity index (χ2v) is 7.71. The molecule has 1 N–H and O–H groups in total. The molecule has 152 valence electrons. The van der Waals surface area contributed by atoms with Gasteiger partial charge in [0.1, 0.15) is 24.3 Å². The number of thiazole rings is 1. The lowest BCUT2D eigenvalue weighted by molar-refractivity contribution is 0.119. The highest BCUT2D eigenvalue weighted by atomic mass is 35.5. The van der Waals surface area contributed by atoms with Crippen molar-refractivity contribution in [2.45, 2.75) is 26.1 Å². The molecule has 0 bridgehead atoms. The minimum Gasteiger partial charge on any atom is -0.486 e. The fourth-order valence-electron chi connectivity index (χ4n) is 2.83. The number of nitrogens with one attached hydrogen (secondary N) is 1. The van der Waals surface area contributed by atoms with Crippen LogP contribution in [0.4, 0.5) is 0 Å². The van der Waals surface area contributed by atoms with E-state index in [1.165, 1.54) is 0 Å². The topological polar surface area (TPSA) is 68.2 Å². The number of aliphatic imine (C=N–C) groups is 1. The van der Waals surface area contributed by atoms with Gasteiger partial charge in [-0.05, 0) is 24.6 Å². The highest BCUT2D eigenvalue weighted by molar-refractivity contribution is 7.09. The molecule has 1 aromatic carbocycles. The van der Waals surface area contributed by atoms with Crippen LogP contribution < -0.4 is 14.8 Å². The van der Waals surface area contributed by atoms with Gasteiger partial charge < -0.3 is 24.4 Å². The number of guanidine groups is 1. The van der Waals surface area contributed by atoms with Gasteiger partial charge in [-0.3, -0.25) is 4.99 Å². The van der Waals surface area contributed by atoms with E-state index >= 15 is 0 Å². The van der Waals surface area contributed by atoms with Crippen LogP contribution in [0.25, 0.3) is 0 Å². The van der Waals surface area contributed by atoms with Gasteiger partial charge in [-0.2, -0.15) is 0 Å². The molecule has 1 aromatic heterocycles. The summed E-state index contributed by atoms with van der Waals surface area (Å²) in [5.74, 6) is 2.06. The summed E-state index contributed by atoms with van der Waals surface area (Å²) in [5, 5.41) is 6.93. The molecular formula is C19H25ClN4O3S. The van der Waals surface area contributed by atoms with Gasteiger partial charge in [0, 0.05) is 33.1 Å². The molecule has 1 atom stereocenters. The first-order valence-electron chi connectivity index (χ1n) is 8.98. The molecule has 0 fully saturated rings. The number of benzene rings is 1. The number of rotatable bonds is 6. The Morgan fingerprint density at radius 3 is 2.96 bits per heavy atom. The molecule has 2 aromatic rings. The fourth-order valence-corrected chi connectivity index (χ4v) is 3.96. The number of aromatic nitrogens is 1. The number of fused-ring (bicyclic) bond motifs is 1. The Kier molecular flexibility index (Phi) is 6.98. The molecule has 0 aliphatic carbocycles. The molecule has 3 rings (SSSR count). The van der Waals surface area contributed by atoms with Crippen molar-refractivity contribution in [3.63, 3.8) is 0 Å². The molecule has 0 radical (unpaired) electrons. The van der Waals surface area contributed by atoms with E-state index in [0.29, 0.717) is 42.8 Å². The van der Waals surface area contributed by atoms with Crippen LogP contribution in [0.15, 0.2) is 22.5 Å². The summed E-state index contributed by atoms with van der Waals surface area (Å²) < 4.78 is 16.5. The number of hydrogen-bond acceptors (Lipinski definition) is 6. The first-order valence-corrected chi connectivity index (χ1v) is 10.2. The summed E-state index contributed by atoms with van der Waals surface area (Å²) in [6, 6.07) is 3.83. The Balaban J connectivity index is 1.61. The van der Waals surface area contributed by atoms with Crippen molar-refractivity contribution in [2.75, 3.05) is 34.4 Å².